The molecule has 0 saturated heterocycles. The number of aromatic nitrogens is 1. The molecule has 1 rings (SSSR count). The van der Waals surface area contributed by atoms with Crippen molar-refractivity contribution in [3.05, 3.63) is 18.3 Å². The van der Waals surface area contributed by atoms with Crippen LogP contribution in [0.2, 0.25) is 0 Å². The molecule has 0 bridgehead atoms. The van der Waals surface area contributed by atoms with Gasteiger partial charge in [0, 0.05) is 25.1 Å². The van der Waals surface area contributed by atoms with Crippen LogP contribution in [0, 0.1) is 0 Å². The molecule has 0 unspecified atom stereocenters. The SMILES string of the molecule is Nc1ncccc1NCCSCCCO. The van der Waals surface area contributed by atoms with Crippen LogP contribution in [0.5, 0.6) is 0 Å². The lowest BCUT2D eigenvalue weighted by molar-refractivity contribution is 0.296. The van der Waals surface area contributed by atoms with Gasteiger partial charge in [-0.15, -0.1) is 0 Å². The summed E-state index contributed by atoms with van der Waals surface area (Å²) in [7, 11) is 0. The van der Waals surface area contributed by atoms with Crippen LogP contribution in [0.25, 0.3) is 0 Å². The molecule has 84 valence electrons. The van der Waals surface area contributed by atoms with Crippen molar-refractivity contribution >= 4 is 23.3 Å². The monoisotopic (exact) mass is 227 g/mol. The summed E-state index contributed by atoms with van der Waals surface area (Å²) >= 11 is 1.82. The van der Waals surface area contributed by atoms with Crippen molar-refractivity contribution < 1.29 is 5.11 Å². The van der Waals surface area contributed by atoms with Crippen LogP contribution in [0.1, 0.15) is 6.42 Å². The fraction of sp³-hybridized carbons (Fsp3) is 0.500. The van der Waals surface area contributed by atoms with E-state index in [4.69, 9.17) is 10.8 Å². The number of pyridine rings is 1. The molecule has 0 aliphatic heterocycles. The number of nitrogens with one attached hydrogen (secondary N) is 1. The van der Waals surface area contributed by atoms with Crippen molar-refractivity contribution in [2.24, 2.45) is 0 Å². The molecule has 15 heavy (non-hydrogen) atoms. The molecule has 4 nitrogen and oxygen atoms in total. The van der Waals surface area contributed by atoms with Gasteiger partial charge >= 0.3 is 0 Å². The molecule has 0 spiro atoms. The molecule has 1 heterocycles. The molecule has 0 fully saturated rings. The second-order valence-electron chi connectivity index (χ2n) is 3.05. The van der Waals surface area contributed by atoms with E-state index in [0.29, 0.717) is 5.82 Å². The molecule has 4 N–H and O–H groups in total. The summed E-state index contributed by atoms with van der Waals surface area (Å²) in [5.74, 6) is 2.55. The van der Waals surface area contributed by atoms with E-state index in [2.05, 4.69) is 10.3 Å². The average molecular weight is 227 g/mol. The molecule has 0 radical (unpaired) electrons. The Morgan fingerprint density at radius 2 is 2.33 bits per heavy atom. The summed E-state index contributed by atoms with van der Waals surface area (Å²) in [6, 6.07) is 3.78. The number of aliphatic hydroxyl groups is 1. The van der Waals surface area contributed by atoms with Gasteiger partial charge in [0.1, 0.15) is 5.82 Å². The smallest absolute Gasteiger partial charge is 0.146 e. The second-order valence-corrected chi connectivity index (χ2v) is 4.28. The van der Waals surface area contributed by atoms with E-state index < -0.39 is 0 Å². The van der Waals surface area contributed by atoms with Crippen LogP contribution in [-0.4, -0.2) is 34.7 Å². The molecular formula is C10H17N3OS. The quantitative estimate of drug-likeness (QED) is 0.610. The summed E-state index contributed by atoms with van der Waals surface area (Å²) in [4.78, 5) is 3.98. The lowest BCUT2D eigenvalue weighted by atomic mass is 10.4. The Hall–Kier alpha value is -0.940. The van der Waals surface area contributed by atoms with Gasteiger partial charge in [-0.05, 0) is 24.3 Å². The normalized spacial score (nSPS) is 10.2. The molecule has 0 saturated carbocycles. The van der Waals surface area contributed by atoms with Gasteiger partial charge in [0.2, 0.25) is 0 Å². The Morgan fingerprint density at radius 3 is 3.07 bits per heavy atom. The topological polar surface area (TPSA) is 71.2 Å². The van der Waals surface area contributed by atoms with Crippen molar-refractivity contribution in [3.8, 4) is 0 Å². The highest BCUT2D eigenvalue weighted by Gasteiger charge is 1.96. The largest absolute Gasteiger partial charge is 0.396 e. The molecule has 0 amide bonds. The zero-order chi connectivity index (χ0) is 10.9. The number of rotatable bonds is 7. The summed E-state index contributed by atoms with van der Waals surface area (Å²) < 4.78 is 0. The third kappa shape index (κ3) is 4.90. The van der Waals surface area contributed by atoms with Crippen LogP contribution in [0.3, 0.4) is 0 Å². The number of hydrogen-bond donors (Lipinski definition) is 3. The zero-order valence-corrected chi connectivity index (χ0v) is 9.46. The Morgan fingerprint density at radius 1 is 1.47 bits per heavy atom. The summed E-state index contributed by atoms with van der Waals surface area (Å²) in [5, 5.41) is 11.8. The van der Waals surface area contributed by atoms with Crippen molar-refractivity contribution in [3.63, 3.8) is 0 Å². The van der Waals surface area contributed by atoms with E-state index in [1.54, 1.807) is 6.20 Å². The van der Waals surface area contributed by atoms with Gasteiger partial charge in [-0.3, -0.25) is 0 Å². The lowest BCUT2D eigenvalue weighted by Gasteiger charge is -2.07. The Labute approximate surface area is 94.3 Å². The first kappa shape index (κ1) is 12.1. The van der Waals surface area contributed by atoms with Crippen LogP contribution < -0.4 is 11.1 Å². The summed E-state index contributed by atoms with van der Waals surface area (Å²) in [6.07, 6.45) is 2.54. The summed E-state index contributed by atoms with van der Waals surface area (Å²) in [6.45, 7) is 1.14. The van der Waals surface area contributed by atoms with Crippen molar-refractivity contribution in [2.75, 3.05) is 35.7 Å². The zero-order valence-electron chi connectivity index (χ0n) is 8.65. The van der Waals surface area contributed by atoms with Gasteiger partial charge in [0.25, 0.3) is 0 Å². The molecule has 0 atom stereocenters. The Balaban J connectivity index is 2.12. The Kier molecular flexibility index (Phi) is 5.96. The summed E-state index contributed by atoms with van der Waals surface area (Å²) in [5.41, 5.74) is 6.56. The van der Waals surface area contributed by atoms with E-state index in [1.807, 2.05) is 23.9 Å². The van der Waals surface area contributed by atoms with Gasteiger partial charge in [0.05, 0.1) is 5.69 Å². The molecule has 0 aliphatic rings. The maximum absolute atomic E-state index is 8.58. The van der Waals surface area contributed by atoms with Gasteiger partial charge in [-0.1, -0.05) is 0 Å². The molecular weight excluding hydrogens is 210 g/mol. The predicted octanol–water partition coefficient (Wildman–Crippen LogP) is 1.19. The Bertz CT molecular complexity index is 283. The number of nitrogens with two attached hydrogens (primary N) is 1. The third-order valence-corrected chi connectivity index (χ3v) is 2.92. The highest BCUT2D eigenvalue weighted by atomic mass is 32.2. The van der Waals surface area contributed by atoms with Crippen molar-refractivity contribution in [2.45, 2.75) is 6.42 Å². The number of hydrogen-bond acceptors (Lipinski definition) is 5. The minimum Gasteiger partial charge on any atom is -0.396 e. The van der Waals surface area contributed by atoms with Gasteiger partial charge in [-0.25, -0.2) is 4.98 Å². The predicted molar refractivity (Wildman–Crippen MR) is 66.2 cm³/mol. The highest BCUT2D eigenvalue weighted by Crippen LogP contribution is 2.13. The first-order valence-electron chi connectivity index (χ1n) is 4.97. The first-order valence-corrected chi connectivity index (χ1v) is 6.13. The fourth-order valence-corrected chi connectivity index (χ4v) is 1.88. The standard InChI is InChI=1S/C10H17N3OS/c11-10-9(3-1-4-13-10)12-5-8-15-7-2-6-14/h1,3-4,12,14H,2,5-8H2,(H2,11,13). The van der Waals surface area contributed by atoms with E-state index in [-0.39, 0.29) is 6.61 Å². The maximum atomic E-state index is 8.58. The molecule has 0 aromatic carbocycles. The number of nitrogen functional groups attached to an aromatic ring is 1. The molecule has 0 aliphatic carbocycles. The number of aliphatic hydroxyl groups excluding tert-OH is 1. The van der Waals surface area contributed by atoms with Gasteiger partial charge in [0.15, 0.2) is 0 Å². The van der Waals surface area contributed by atoms with Crippen molar-refractivity contribution in [1.82, 2.24) is 4.98 Å². The third-order valence-electron chi connectivity index (χ3n) is 1.85. The minimum absolute atomic E-state index is 0.274. The number of anilines is 2. The highest BCUT2D eigenvalue weighted by molar-refractivity contribution is 7.99. The average Bonchev–Trinajstić information content (AvgIpc) is 2.25. The lowest BCUT2D eigenvalue weighted by Crippen LogP contribution is -2.07. The van der Waals surface area contributed by atoms with Crippen LogP contribution in [0.15, 0.2) is 18.3 Å². The van der Waals surface area contributed by atoms with Gasteiger partial charge in [-0.2, -0.15) is 11.8 Å². The van der Waals surface area contributed by atoms with E-state index in [1.165, 1.54) is 0 Å². The number of nitrogens with zero attached hydrogens (tertiary/aromatic N) is 1. The van der Waals surface area contributed by atoms with Crippen LogP contribution in [-0.2, 0) is 0 Å². The molecule has 1 aromatic rings. The van der Waals surface area contributed by atoms with E-state index >= 15 is 0 Å². The van der Waals surface area contributed by atoms with Crippen LogP contribution >= 0.6 is 11.8 Å². The first-order chi connectivity index (χ1) is 7.34. The second kappa shape index (κ2) is 7.36. The van der Waals surface area contributed by atoms with E-state index in [0.717, 1.165) is 30.2 Å². The molecule has 5 heteroatoms. The van der Waals surface area contributed by atoms with Crippen LogP contribution in [0.4, 0.5) is 11.5 Å². The minimum atomic E-state index is 0.274. The van der Waals surface area contributed by atoms with E-state index in [9.17, 15) is 0 Å². The molecule has 1 aromatic heterocycles. The fourth-order valence-electron chi connectivity index (χ4n) is 1.09. The number of thioether (sulfide) groups is 1. The van der Waals surface area contributed by atoms with Gasteiger partial charge < -0.3 is 16.2 Å². The maximum Gasteiger partial charge on any atom is 0.146 e. The van der Waals surface area contributed by atoms with Crippen molar-refractivity contribution in [1.29, 1.82) is 0 Å².